The number of nitrogens with one attached hydrogen (secondary N) is 1. The lowest BCUT2D eigenvalue weighted by molar-refractivity contribution is -0.122. The molecule has 0 bridgehead atoms. The Kier molecular flexibility index (Phi) is 7.81. The van der Waals surface area contributed by atoms with Crippen molar-refractivity contribution in [2.24, 2.45) is 17.3 Å². The number of rotatable bonds is 8. The normalized spacial score (nSPS) is 15.7. The standard InChI is InChI=1S/C21H35NO/c1-7-18(21(4,5)6)14-16(3)15-22-20(23)19(8-2)17-12-10-9-11-13-17/h9-13,16,18-19H,7-8,14-15H2,1-6H3,(H,22,23). The van der Waals surface area contributed by atoms with E-state index in [1.807, 2.05) is 30.3 Å². The molecule has 23 heavy (non-hydrogen) atoms. The Balaban J connectivity index is 2.54. The van der Waals surface area contributed by atoms with E-state index in [0.29, 0.717) is 17.3 Å². The Hall–Kier alpha value is -1.31. The van der Waals surface area contributed by atoms with Gasteiger partial charge in [-0.15, -0.1) is 0 Å². The molecule has 1 aromatic carbocycles. The summed E-state index contributed by atoms with van der Waals surface area (Å²) in [5, 5.41) is 3.17. The first-order valence-electron chi connectivity index (χ1n) is 9.12. The monoisotopic (exact) mass is 317 g/mol. The third-order valence-corrected chi connectivity index (χ3v) is 4.96. The number of carbonyl (C=O) groups excluding carboxylic acids is 1. The first kappa shape index (κ1) is 19.7. The average Bonchev–Trinajstić information content (AvgIpc) is 2.51. The van der Waals surface area contributed by atoms with E-state index in [1.54, 1.807) is 0 Å². The summed E-state index contributed by atoms with van der Waals surface area (Å²) in [5.74, 6) is 1.34. The maximum Gasteiger partial charge on any atom is 0.227 e. The van der Waals surface area contributed by atoms with Gasteiger partial charge in [0.2, 0.25) is 5.91 Å². The van der Waals surface area contributed by atoms with Gasteiger partial charge in [-0.2, -0.15) is 0 Å². The van der Waals surface area contributed by atoms with E-state index >= 15 is 0 Å². The quantitative estimate of drug-likeness (QED) is 0.684. The van der Waals surface area contributed by atoms with Crippen molar-refractivity contribution in [3.63, 3.8) is 0 Å². The Labute approximate surface area is 143 Å². The Morgan fingerprint density at radius 3 is 2.17 bits per heavy atom. The molecular weight excluding hydrogens is 282 g/mol. The molecule has 0 fully saturated rings. The maximum atomic E-state index is 12.5. The van der Waals surface area contributed by atoms with Crippen molar-refractivity contribution in [1.29, 1.82) is 0 Å². The van der Waals surface area contributed by atoms with Crippen molar-refractivity contribution < 1.29 is 4.79 Å². The maximum absolute atomic E-state index is 12.5. The van der Waals surface area contributed by atoms with E-state index in [9.17, 15) is 4.79 Å². The highest BCUT2D eigenvalue weighted by atomic mass is 16.1. The average molecular weight is 318 g/mol. The van der Waals surface area contributed by atoms with Gasteiger partial charge in [-0.1, -0.05) is 78.3 Å². The number of hydrogen-bond acceptors (Lipinski definition) is 1. The van der Waals surface area contributed by atoms with Gasteiger partial charge in [-0.3, -0.25) is 4.79 Å². The van der Waals surface area contributed by atoms with Gasteiger partial charge >= 0.3 is 0 Å². The van der Waals surface area contributed by atoms with E-state index < -0.39 is 0 Å². The highest BCUT2D eigenvalue weighted by Gasteiger charge is 2.25. The molecule has 0 aliphatic rings. The molecule has 0 heterocycles. The second kappa shape index (κ2) is 9.10. The fourth-order valence-corrected chi connectivity index (χ4v) is 3.36. The lowest BCUT2D eigenvalue weighted by Gasteiger charge is -2.32. The summed E-state index contributed by atoms with van der Waals surface area (Å²) in [7, 11) is 0. The molecule has 3 unspecified atom stereocenters. The van der Waals surface area contributed by atoms with Crippen LogP contribution in [0.2, 0.25) is 0 Å². The first-order valence-corrected chi connectivity index (χ1v) is 9.12. The molecule has 0 radical (unpaired) electrons. The van der Waals surface area contributed by atoms with Crippen LogP contribution in [0, 0.1) is 17.3 Å². The molecule has 0 saturated carbocycles. The second-order valence-corrected chi connectivity index (χ2v) is 7.93. The molecule has 1 N–H and O–H groups in total. The summed E-state index contributed by atoms with van der Waals surface area (Å²) in [6, 6.07) is 10.1. The SMILES string of the molecule is CCC(C(=O)NCC(C)CC(CC)C(C)(C)C)c1ccccc1. The molecule has 1 aromatic rings. The molecule has 3 atom stereocenters. The molecular formula is C21H35NO. The predicted octanol–water partition coefficient (Wildman–Crippen LogP) is 5.39. The first-order chi connectivity index (χ1) is 10.8. The highest BCUT2D eigenvalue weighted by Crippen LogP contribution is 2.33. The molecule has 0 aliphatic heterocycles. The van der Waals surface area contributed by atoms with Gasteiger partial charge in [0.1, 0.15) is 0 Å². The second-order valence-electron chi connectivity index (χ2n) is 7.93. The van der Waals surface area contributed by atoms with Gasteiger partial charge in [-0.25, -0.2) is 0 Å². The fraction of sp³-hybridized carbons (Fsp3) is 0.667. The van der Waals surface area contributed by atoms with Gasteiger partial charge in [0.05, 0.1) is 5.92 Å². The van der Waals surface area contributed by atoms with Crippen LogP contribution in [-0.2, 0) is 4.79 Å². The molecule has 130 valence electrons. The minimum atomic E-state index is -0.0343. The number of amides is 1. The molecule has 0 saturated heterocycles. The zero-order valence-electron chi connectivity index (χ0n) is 15.9. The van der Waals surface area contributed by atoms with Crippen LogP contribution in [0.25, 0.3) is 0 Å². The molecule has 0 spiro atoms. The largest absolute Gasteiger partial charge is 0.355 e. The Morgan fingerprint density at radius 2 is 1.70 bits per heavy atom. The van der Waals surface area contributed by atoms with Crippen LogP contribution in [0.1, 0.15) is 72.3 Å². The summed E-state index contributed by atoms with van der Waals surface area (Å²) in [5.41, 5.74) is 1.45. The molecule has 2 nitrogen and oxygen atoms in total. The van der Waals surface area contributed by atoms with Crippen LogP contribution in [0.3, 0.4) is 0 Å². The van der Waals surface area contributed by atoms with Gasteiger partial charge < -0.3 is 5.32 Å². The number of hydrogen-bond donors (Lipinski definition) is 1. The van der Waals surface area contributed by atoms with E-state index in [4.69, 9.17) is 0 Å². The Bertz CT molecular complexity index is 460. The lowest BCUT2D eigenvalue weighted by Crippen LogP contribution is -2.34. The van der Waals surface area contributed by atoms with E-state index in [1.165, 1.54) is 12.8 Å². The van der Waals surface area contributed by atoms with E-state index in [2.05, 4.69) is 46.9 Å². The third-order valence-electron chi connectivity index (χ3n) is 4.96. The molecule has 1 rings (SSSR count). The summed E-state index contributed by atoms with van der Waals surface area (Å²) in [6.07, 6.45) is 3.20. The summed E-state index contributed by atoms with van der Waals surface area (Å²) < 4.78 is 0. The smallest absolute Gasteiger partial charge is 0.227 e. The van der Waals surface area contributed by atoms with Gasteiger partial charge in [0.25, 0.3) is 0 Å². The predicted molar refractivity (Wildman–Crippen MR) is 99.5 cm³/mol. The molecule has 0 aliphatic carbocycles. The zero-order valence-corrected chi connectivity index (χ0v) is 15.9. The highest BCUT2D eigenvalue weighted by molar-refractivity contribution is 5.83. The van der Waals surface area contributed by atoms with Gasteiger partial charge in [-0.05, 0) is 35.7 Å². The van der Waals surface area contributed by atoms with E-state index in [-0.39, 0.29) is 11.8 Å². The van der Waals surface area contributed by atoms with Crippen LogP contribution in [-0.4, -0.2) is 12.5 Å². The van der Waals surface area contributed by atoms with Gasteiger partial charge in [0.15, 0.2) is 0 Å². The van der Waals surface area contributed by atoms with Crippen LogP contribution in [0.15, 0.2) is 30.3 Å². The van der Waals surface area contributed by atoms with Crippen molar-refractivity contribution >= 4 is 5.91 Å². The number of carbonyl (C=O) groups is 1. The van der Waals surface area contributed by atoms with Crippen LogP contribution in [0.4, 0.5) is 0 Å². The lowest BCUT2D eigenvalue weighted by atomic mass is 9.74. The summed E-state index contributed by atoms with van der Waals surface area (Å²) in [6.45, 7) is 14.3. The molecule has 0 aromatic heterocycles. The van der Waals surface area contributed by atoms with Crippen LogP contribution < -0.4 is 5.32 Å². The molecule has 2 heteroatoms. The van der Waals surface area contributed by atoms with Crippen molar-refractivity contribution in [2.45, 2.75) is 66.7 Å². The van der Waals surface area contributed by atoms with Crippen LogP contribution >= 0.6 is 0 Å². The van der Waals surface area contributed by atoms with E-state index in [0.717, 1.165) is 18.5 Å². The fourth-order valence-electron chi connectivity index (χ4n) is 3.36. The Morgan fingerprint density at radius 1 is 1.09 bits per heavy atom. The van der Waals surface area contributed by atoms with Crippen molar-refractivity contribution in [2.75, 3.05) is 6.54 Å². The van der Waals surface area contributed by atoms with Crippen LogP contribution in [0.5, 0.6) is 0 Å². The third kappa shape index (κ3) is 6.37. The van der Waals surface area contributed by atoms with Crippen molar-refractivity contribution in [1.82, 2.24) is 5.32 Å². The number of benzene rings is 1. The van der Waals surface area contributed by atoms with Crippen molar-refractivity contribution in [3.05, 3.63) is 35.9 Å². The minimum Gasteiger partial charge on any atom is -0.355 e. The topological polar surface area (TPSA) is 29.1 Å². The summed E-state index contributed by atoms with van der Waals surface area (Å²) >= 11 is 0. The van der Waals surface area contributed by atoms with Gasteiger partial charge in [0, 0.05) is 6.54 Å². The summed E-state index contributed by atoms with van der Waals surface area (Å²) in [4.78, 5) is 12.5. The van der Waals surface area contributed by atoms with Crippen molar-refractivity contribution in [3.8, 4) is 0 Å². The minimum absolute atomic E-state index is 0.0343. The zero-order chi connectivity index (χ0) is 17.5. The molecule has 1 amide bonds.